The summed E-state index contributed by atoms with van der Waals surface area (Å²) in [5.41, 5.74) is 3.63. The fraction of sp³-hybridized carbons (Fsp3) is 0.312. The fourth-order valence-corrected chi connectivity index (χ4v) is 5.11. The molecule has 0 radical (unpaired) electrons. The third-order valence-corrected chi connectivity index (χ3v) is 7.28. The monoisotopic (exact) mass is 528 g/mol. The zero-order valence-corrected chi connectivity index (χ0v) is 23.4. The number of rotatable bonds is 9. The number of aliphatic hydroxyl groups is 1. The third kappa shape index (κ3) is 5.09. The van der Waals surface area contributed by atoms with Crippen LogP contribution in [0.25, 0.3) is 5.76 Å². The third-order valence-electron chi connectivity index (χ3n) is 7.28. The van der Waals surface area contributed by atoms with Crippen molar-refractivity contribution in [1.82, 2.24) is 0 Å². The van der Waals surface area contributed by atoms with Crippen molar-refractivity contribution in [2.45, 2.75) is 39.7 Å². The number of ketones is 1. The minimum Gasteiger partial charge on any atom is -0.506 e. The first kappa shape index (κ1) is 27.8. The lowest BCUT2D eigenvalue weighted by atomic mass is 9.94. The largest absolute Gasteiger partial charge is 0.506 e. The average molecular weight is 529 g/mol. The molecule has 1 N–H and O–H groups in total. The van der Waals surface area contributed by atoms with Gasteiger partial charge in [0, 0.05) is 24.5 Å². The Morgan fingerprint density at radius 3 is 1.95 bits per heavy atom. The molecular weight excluding hydrogens is 492 g/mol. The number of amides is 1. The van der Waals surface area contributed by atoms with Gasteiger partial charge in [0.2, 0.25) is 0 Å². The average Bonchev–Trinajstić information content (AvgIpc) is 3.23. The Morgan fingerprint density at radius 2 is 1.46 bits per heavy atom. The van der Waals surface area contributed by atoms with Crippen molar-refractivity contribution in [2.75, 3.05) is 37.1 Å². The SMILES string of the molecule is CCN(CC)c1ccc(C2/C(=C(\O)c3c(OC)cccc3OC)C(=O)C(=O)N2c2ccc(C(C)C)cc2)cc1. The molecule has 0 aliphatic carbocycles. The number of nitrogens with zero attached hydrogens (tertiary/aromatic N) is 2. The van der Waals surface area contributed by atoms with E-state index in [4.69, 9.17) is 9.47 Å². The number of hydrogen-bond donors (Lipinski definition) is 1. The first-order valence-corrected chi connectivity index (χ1v) is 13.2. The molecule has 1 amide bonds. The molecule has 0 spiro atoms. The van der Waals surface area contributed by atoms with E-state index in [2.05, 4.69) is 32.6 Å². The normalized spacial score (nSPS) is 16.6. The van der Waals surface area contributed by atoms with Gasteiger partial charge < -0.3 is 19.5 Å². The van der Waals surface area contributed by atoms with Crippen molar-refractivity contribution in [3.05, 3.63) is 89.0 Å². The molecule has 39 heavy (non-hydrogen) atoms. The van der Waals surface area contributed by atoms with Crippen LogP contribution in [0.2, 0.25) is 0 Å². The zero-order chi connectivity index (χ0) is 28.3. The van der Waals surface area contributed by atoms with Gasteiger partial charge >= 0.3 is 0 Å². The first-order valence-electron chi connectivity index (χ1n) is 13.2. The van der Waals surface area contributed by atoms with Gasteiger partial charge in [0.05, 0.1) is 25.8 Å². The molecule has 1 saturated heterocycles. The van der Waals surface area contributed by atoms with Gasteiger partial charge in [0.1, 0.15) is 22.8 Å². The molecule has 1 fully saturated rings. The van der Waals surface area contributed by atoms with Gasteiger partial charge in [0.25, 0.3) is 11.7 Å². The van der Waals surface area contributed by atoms with Crippen LogP contribution in [0.1, 0.15) is 56.3 Å². The summed E-state index contributed by atoms with van der Waals surface area (Å²) in [7, 11) is 2.95. The standard InChI is InChI=1S/C32H36N2O5/c1-7-33(8-2)23-16-14-22(15-17-23)29-28(30(35)27-25(38-5)10-9-11-26(27)39-6)31(36)32(37)34(29)24-18-12-21(13-19-24)20(3)4/h9-20,29,35H,7-8H2,1-6H3/b30-28+. The summed E-state index contributed by atoms with van der Waals surface area (Å²) in [4.78, 5) is 30.9. The van der Waals surface area contributed by atoms with Gasteiger partial charge in [-0.05, 0) is 67.3 Å². The van der Waals surface area contributed by atoms with Crippen LogP contribution in [0.4, 0.5) is 11.4 Å². The van der Waals surface area contributed by atoms with Crippen molar-refractivity contribution in [1.29, 1.82) is 0 Å². The van der Waals surface area contributed by atoms with Crippen LogP contribution >= 0.6 is 0 Å². The van der Waals surface area contributed by atoms with Crippen LogP contribution in [0.3, 0.4) is 0 Å². The van der Waals surface area contributed by atoms with E-state index < -0.39 is 17.7 Å². The van der Waals surface area contributed by atoms with Crippen molar-refractivity contribution in [2.24, 2.45) is 0 Å². The molecule has 1 aliphatic rings. The molecule has 1 heterocycles. The highest BCUT2D eigenvalue weighted by Crippen LogP contribution is 2.45. The smallest absolute Gasteiger partial charge is 0.300 e. The maximum atomic E-state index is 13.6. The molecular formula is C32H36N2O5. The lowest BCUT2D eigenvalue weighted by Gasteiger charge is -2.27. The summed E-state index contributed by atoms with van der Waals surface area (Å²) in [6, 6.07) is 19.6. The van der Waals surface area contributed by atoms with Crippen LogP contribution in [0.5, 0.6) is 11.5 Å². The van der Waals surface area contributed by atoms with Gasteiger partial charge in [-0.1, -0.05) is 44.2 Å². The molecule has 3 aromatic rings. The zero-order valence-electron chi connectivity index (χ0n) is 23.4. The fourth-order valence-electron chi connectivity index (χ4n) is 5.11. The highest BCUT2D eigenvalue weighted by Gasteiger charge is 2.47. The number of hydrogen-bond acceptors (Lipinski definition) is 6. The Bertz CT molecular complexity index is 1350. The minimum absolute atomic E-state index is 0.0219. The molecule has 1 aliphatic heterocycles. The summed E-state index contributed by atoms with van der Waals surface area (Å²) in [6.45, 7) is 10.1. The Kier molecular flexibility index (Phi) is 8.29. The molecule has 3 aromatic carbocycles. The van der Waals surface area contributed by atoms with E-state index in [1.165, 1.54) is 19.1 Å². The topological polar surface area (TPSA) is 79.3 Å². The van der Waals surface area contributed by atoms with Crippen LogP contribution in [0, 0.1) is 0 Å². The number of Topliss-reactive ketones (excluding diaryl/α,β-unsaturated/α-hetero) is 1. The second-order valence-corrected chi connectivity index (χ2v) is 9.72. The second-order valence-electron chi connectivity index (χ2n) is 9.72. The van der Waals surface area contributed by atoms with Crippen molar-refractivity contribution < 1.29 is 24.2 Å². The van der Waals surface area contributed by atoms with Gasteiger partial charge in [0.15, 0.2) is 0 Å². The molecule has 0 saturated carbocycles. The Labute approximate surface area is 230 Å². The summed E-state index contributed by atoms with van der Waals surface area (Å²) in [5, 5.41) is 11.7. The van der Waals surface area contributed by atoms with E-state index in [1.54, 1.807) is 18.2 Å². The predicted molar refractivity (Wildman–Crippen MR) is 155 cm³/mol. The highest BCUT2D eigenvalue weighted by molar-refractivity contribution is 6.51. The van der Waals surface area contributed by atoms with Crippen LogP contribution in [-0.2, 0) is 9.59 Å². The van der Waals surface area contributed by atoms with Gasteiger partial charge in [-0.15, -0.1) is 0 Å². The molecule has 204 valence electrons. The number of anilines is 2. The first-order chi connectivity index (χ1) is 18.8. The maximum Gasteiger partial charge on any atom is 0.300 e. The van der Waals surface area contributed by atoms with E-state index in [9.17, 15) is 14.7 Å². The van der Waals surface area contributed by atoms with Gasteiger partial charge in [-0.25, -0.2) is 0 Å². The van der Waals surface area contributed by atoms with Crippen molar-refractivity contribution in [3.63, 3.8) is 0 Å². The quantitative estimate of drug-likeness (QED) is 0.200. The maximum absolute atomic E-state index is 13.6. The van der Waals surface area contributed by atoms with E-state index >= 15 is 0 Å². The van der Waals surface area contributed by atoms with Crippen molar-refractivity contribution >= 4 is 28.8 Å². The number of aliphatic hydroxyl groups excluding tert-OH is 1. The number of benzene rings is 3. The number of ether oxygens (including phenoxy) is 2. The van der Waals surface area contributed by atoms with Gasteiger partial charge in [-0.3, -0.25) is 14.5 Å². The lowest BCUT2D eigenvalue weighted by Crippen LogP contribution is -2.29. The molecule has 0 aromatic heterocycles. The Balaban J connectivity index is 1.95. The van der Waals surface area contributed by atoms with Crippen LogP contribution in [-0.4, -0.2) is 44.1 Å². The Hall–Kier alpha value is -4.26. The van der Waals surface area contributed by atoms with Crippen molar-refractivity contribution in [3.8, 4) is 11.5 Å². The van der Waals surface area contributed by atoms with Crippen LogP contribution < -0.4 is 19.3 Å². The number of methoxy groups -OCH3 is 2. The number of carbonyl (C=O) groups is 2. The van der Waals surface area contributed by atoms with E-state index in [0.717, 1.165) is 24.3 Å². The van der Waals surface area contributed by atoms with Gasteiger partial charge in [-0.2, -0.15) is 0 Å². The second kappa shape index (κ2) is 11.6. The summed E-state index contributed by atoms with van der Waals surface area (Å²) >= 11 is 0. The van der Waals surface area contributed by atoms with Crippen LogP contribution in [0.15, 0.2) is 72.3 Å². The molecule has 1 atom stereocenters. The van der Waals surface area contributed by atoms with E-state index in [1.807, 2.05) is 48.5 Å². The summed E-state index contributed by atoms with van der Waals surface area (Å²) in [5.74, 6) is -0.852. The minimum atomic E-state index is -0.852. The summed E-state index contributed by atoms with van der Waals surface area (Å²) in [6.07, 6.45) is 0. The lowest BCUT2D eigenvalue weighted by molar-refractivity contribution is -0.132. The number of carbonyl (C=O) groups excluding carboxylic acids is 2. The summed E-state index contributed by atoms with van der Waals surface area (Å²) < 4.78 is 11.0. The van der Waals surface area contributed by atoms with E-state index in [-0.39, 0.29) is 16.9 Å². The highest BCUT2D eigenvalue weighted by atomic mass is 16.5. The molecule has 1 unspecified atom stereocenters. The molecule has 7 nitrogen and oxygen atoms in total. The molecule has 4 rings (SSSR count). The Morgan fingerprint density at radius 1 is 0.897 bits per heavy atom. The van der Waals surface area contributed by atoms with E-state index in [0.29, 0.717) is 28.7 Å². The molecule has 0 bridgehead atoms. The molecule has 7 heteroatoms. The predicted octanol–water partition coefficient (Wildman–Crippen LogP) is 6.30.